The predicted octanol–water partition coefficient (Wildman–Crippen LogP) is 1.13. The summed E-state index contributed by atoms with van der Waals surface area (Å²) in [6.07, 6.45) is 6.16. The zero-order chi connectivity index (χ0) is 17.8. The monoisotopic (exact) mass is 376 g/mol. The van der Waals surface area contributed by atoms with Gasteiger partial charge in [-0.25, -0.2) is 4.68 Å². The van der Waals surface area contributed by atoms with E-state index in [-0.39, 0.29) is 5.56 Å². The minimum Gasteiger partial charge on any atom is -0.376 e. The van der Waals surface area contributed by atoms with Gasteiger partial charge in [-0.3, -0.25) is 9.69 Å². The van der Waals surface area contributed by atoms with Crippen LogP contribution in [0, 0.1) is 0 Å². The molecule has 1 unspecified atom stereocenters. The Morgan fingerprint density at radius 1 is 1.35 bits per heavy atom. The van der Waals surface area contributed by atoms with Gasteiger partial charge >= 0.3 is 0 Å². The Kier molecular flexibility index (Phi) is 5.57. The zero-order valence-corrected chi connectivity index (χ0v) is 15.6. The van der Waals surface area contributed by atoms with Gasteiger partial charge in [0.15, 0.2) is 5.82 Å². The van der Waals surface area contributed by atoms with Gasteiger partial charge in [0, 0.05) is 37.2 Å². The van der Waals surface area contributed by atoms with E-state index in [2.05, 4.69) is 24.1 Å². The summed E-state index contributed by atoms with van der Waals surface area (Å²) in [5.74, 6) is 0.843. The summed E-state index contributed by atoms with van der Waals surface area (Å²) < 4.78 is 15.3. The van der Waals surface area contributed by atoms with Crippen LogP contribution in [0.2, 0.25) is 0 Å². The lowest BCUT2D eigenvalue weighted by Gasteiger charge is -2.35. The van der Waals surface area contributed by atoms with Crippen molar-refractivity contribution < 1.29 is 4.74 Å². The second-order valence-corrected chi connectivity index (χ2v) is 7.40. The third kappa shape index (κ3) is 4.11. The molecule has 1 atom stereocenters. The van der Waals surface area contributed by atoms with Gasteiger partial charge in [-0.05, 0) is 19.4 Å². The number of hydrogen-bond acceptors (Lipinski definition) is 8. The number of likely N-dealkylation sites (tertiary alicyclic amines) is 1. The zero-order valence-electron chi connectivity index (χ0n) is 14.8. The van der Waals surface area contributed by atoms with Crippen LogP contribution in [0.5, 0.6) is 0 Å². The van der Waals surface area contributed by atoms with E-state index in [9.17, 15) is 4.79 Å². The van der Waals surface area contributed by atoms with Crippen LogP contribution >= 0.6 is 11.7 Å². The van der Waals surface area contributed by atoms with E-state index in [1.807, 2.05) is 0 Å². The molecule has 4 rings (SSSR count). The molecule has 8 nitrogen and oxygen atoms in total. The molecule has 4 heterocycles. The van der Waals surface area contributed by atoms with Crippen LogP contribution in [-0.4, -0.2) is 55.7 Å². The highest BCUT2D eigenvalue weighted by Gasteiger charge is 2.22. The fraction of sp³-hybridized carbons (Fsp3) is 0.647. The summed E-state index contributed by atoms with van der Waals surface area (Å²) in [7, 11) is 0. The molecule has 0 amide bonds. The number of nitrogens with zero attached hydrogens (tertiary/aromatic N) is 5. The Morgan fingerprint density at radius 3 is 3.19 bits per heavy atom. The highest BCUT2D eigenvalue weighted by molar-refractivity contribution is 6.99. The molecule has 1 fully saturated rings. The van der Waals surface area contributed by atoms with E-state index < -0.39 is 0 Å². The second-order valence-electron chi connectivity index (χ2n) is 6.84. The number of anilines is 1. The van der Waals surface area contributed by atoms with Crippen molar-refractivity contribution in [2.24, 2.45) is 0 Å². The summed E-state index contributed by atoms with van der Waals surface area (Å²) >= 11 is 1.22. The Hall–Kier alpha value is -1.84. The predicted molar refractivity (Wildman–Crippen MR) is 99.5 cm³/mol. The third-order valence-corrected chi connectivity index (χ3v) is 5.61. The fourth-order valence-electron chi connectivity index (χ4n) is 3.69. The standard InChI is InChI=1S/C17H24N6O2S/c24-17-9-13-12-25-8-4-15(13)20-23(17)7-6-22-5-2-1-3-14(22)10-18-16-11-19-26-21-16/h9,11,14H,1-8,10,12H2,(H,18,21). The molecule has 2 aliphatic rings. The molecule has 0 bridgehead atoms. The smallest absolute Gasteiger partial charge is 0.267 e. The van der Waals surface area contributed by atoms with Crippen LogP contribution in [0.3, 0.4) is 0 Å². The summed E-state index contributed by atoms with van der Waals surface area (Å²) in [5.41, 5.74) is 1.91. The second kappa shape index (κ2) is 8.24. The SMILES string of the molecule is O=c1cc2c(nn1CCN1CCCCC1CNc1cnsn1)CCOC2. The molecule has 2 aromatic rings. The van der Waals surface area contributed by atoms with Gasteiger partial charge in [0.05, 0.1) is 43.4 Å². The number of nitrogens with one attached hydrogen (secondary N) is 1. The summed E-state index contributed by atoms with van der Waals surface area (Å²) in [6, 6.07) is 2.14. The van der Waals surface area contributed by atoms with Crippen LogP contribution in [0.15, 0.2) is 17.1 Å². The third-order valence-electron chi connectivity index (χ3n) is 5.13. The molecule has 0 saturated carbocycles. The Labute approximate surface area is 156 Å². The molecule has 2 aromatic heterocycles. The van der Waals surface area contributed by atoms with Crippen LogP contribution in [0.1, 0.15) is 30.5 Å². The molecular weight excluding hydrogens is 352 g/mol. The first-order chi connectivity index (χ1) is 12.8. The van der Waals surface area contributed by atoms with Gasteiger partial charge < -0.3 is 10.1 Å². The van der Waals surface area contributed by atoms with Gasteiger partial charge in [-0.2, -0.15) is 13.8 Å². The van der Waals surface area contributed by atoms with Crippen molar-refractivity contribution >= 4 is 17.5 Å². The molecule has 26 heavy (non-hydrogen) atoms. The van der Waals surface area contributed by atoms with Crippen molar-refractivity contribution in [2.45, 2.75) is 44.9 Å². The first-order valence-electron chi connectivity index (χ1n) is 9.23. The lowest BCUT2D eigenvalue weighted by molar-refractivity contribution is 0.107. The quantitative estimate of drug-likeness (QED) is 0.809. The van der Waals surface area contributed by atoms with E-state index >= 15 is 0 Å². The minimum absolute atomic E-state index is 0.0329. The van der Waals surface area contributed by atoms with Crippen molar-refractivity contribution in [3.8, 4) is 0 Å². The number of ether oxygens (including phenoxy) is 1. The number of piperidine rings is 1. The lowest BCUT2D eigenvalue weighted by atomic mass is 10.0. The van der Waals surface area contributed by atoms with Gasteiger partial charge in [0.2, 0.25) is 0 Å². The molecule has 1 saturated heterocycles. The van der Waals surface area contributed by atoms with E-state index in [0.29, 0.717) is 25.8 Å². The Balaban J connectivity index is 1.38. The van der Waals surface area contributed by atoms with E-state index in [1.165, 1.54) is 24.6 Å². The lowest BCUT2D eigenvalue weighted by Crippen LogP contribution is -2.45. The maximum absolute atomic E-state index is 12.3. The number of rotatable bonds is 6. The first kappa shape index (κ1) is 17.6. The summed E-state index contributed by atoms with van der Waals surface area (Å²) in [5, 5.41) is 7.95. The highest BCUT2D eigenvalue weighted by atomic mass is 32.1. The molecule has 1 N–H and O–H groups in total. The molecule has 0 spiro atoms. The molecule has 0 aliphatic carbocycles. The van der Waals surface area contributed by atoms with Crippen LogP contribution in [-0.2, 0) is 24.3 Å². The van der Waals surface area contributed by atoms with Gasteiger partial charge in [0.1, 0.15) is 0 Å². The van der Waals surface area contributed by atoms with E-state index in [0.717, 1.165) is 49.6 Å². The highest BCUT2D eigenvalue weighted by Crippen LogP contribution is 2.18. The molecule has 9 heteroatoms. The normalized spacial score (nSPS) is 20.7. The maximum Gasteiger partial charge on any atom is 0.267 e. The first-order valence-corrected chi connectivity index (χ1v) is 9.96. The van der Waals surface area contributed by atoms with Crippen molar-refractivity contribution in [1.29, 1.82) is 0 Å². The fourth-order valence-corrected chi connectivity index (χ4v) is 4.08. The van der Waals surface area contributed by atoms with Crippen LogP contribution in [0.4, 0.5) is 5.82 Å². The van der Waals surface area contributed by atoms with Crippen molar-refractivity contribution in [2.75, 3.05) is 31.6 Å². The van der Waals surface area contributed by atoms with Crippen LogP contribution in [0.25, 0.3) is 0 Å². The summed E-state index contributed by atoms with van der Waals surface area (Å²) in [4.78, 5) is 14.8. The maximum atomic E-state index is 12.3. The van der Waals surface area contributed by atoms with E-state index in [4.69, 9.17) is 4.74 Å². The van der Waals surface area contributed by atoms with Crippen molar-refractivity contribution in [3.63, 3.8) is 0 Å². The molecule has 0 radical (unpaired) electrons. The largest absolute Gasteiger partial charge is 0.376 e. The molecule has 0 aromatic carbocycles. The number of hydrogen-bond donors (Lipinski definition) is 1. The molecule has 2 aliphatic heterocycles. The molecular formula is C17H24N6O2S. The van der Waals surface area contributed by atoms with E-state index in [1.54, 1.807) is 16.9 Å². The minimum atomic E-state index is -0.0329. The van der Waals surface area contributed by atoms with Crippen molar-refractivity contribution in [3.05, 3.63) is 33.9 Å². The van der Waals surface area contributed by atoms with Crippen LogP contribution < -0.4 is 10.9 Å². The number of fused-ring (bicyclic) bond motifs is 1. The van der Waals surface area contributed by atoms with Gasteiger partial charge in [-0.1, -0.05) is 6.42 Å². The topological polar surface area (TPSA) is 85.2 Å². The average Bonchev–Trinajstić information content (AvgIpc) is 3.19. The Bertz CT molecular complexity index is 778. The summed E-state index contributed by atoms with van der Waals surface area (Å²) in [6.45, 7) is 4.57. The number of aromatic nitrogens is 4. The molecule has 140 valence electrons. The van der Waals surface area contributed by atoms with Gasteiger partial charge in [-0.15, -0.1) is 0 Å². The van der Waals surface area contributed by atoms with Gasteiger partial charge in [0.25, 0.3) is 5.56 Å². The Morgan fingerprint density at radius 2 is 2.31 bits per heavy atom. The average molecular weight is 376 g/mol. The van der Waals surface area contributed by atoms with Crippen molar-refractivity contribution in [1.82, 2.24) is 23.4 Å².